The van der Waals surface area contributed by atoms with Crippen molar-refractivity contribution in [2.45, 2.75) is 57.9 Å². The van der Waals surface area contributed by atoms with E-state index >= 15 is 0 Å². The SMILES string of the molecule is CCNC(CCC1CCCC1)Cc1cc(Cl)ccc1OC. The molecule has 1 unspecified atom stereocenters. The van der Waals surface area contributed by atoms with Crippen LogP contribution in [-0.4, -0.2) is 19.7 Å². The molecule has 1 aromatic carbocycles. The number of nitrogens with one attached hydrogen (secondary N) is 1. The molecule has 0 aliphatic heterocycles. The van der Waals surface area contributed by atoms with E-state index in [0.717, 1.165) is 29.7 Å². The average Bonchev–Trinajstić information content (AvgIpc) is 2.98. The van der Waals surface area contributed by atoms with Crippen molar-refractivity contribution < 1.29 is 4.74 Å². The molecule has 1 aliphatic rings. The van der Waals surface area contributed by atoms with Gasteiger partial charge in [-0.2, -0.15) is 0 Å². The van der Waals surface area contributed by atoms with Crippen molar-refractivity contribution in [3.05, 3.63) is 28.8 Å². The maximum atomic E-state index is 6.14. The van der Waals surface area contributed by atoms with Crippen LogP contribution in [0.25, 0.3) is 0 Å². The minimum Gasteiger partial charge on any atom is -0.496 e. The van der Waals surface area contributed by atoms with Gasteiger partial charge in [0.15, 0.2) is 0 Å². The van der Waals surface area contributed by atoms with Gasteiger partial charge in [-0.1, -0.05) is 44.2 Å². The van der Waals surface area contributed by atoms with Crippen LogP contribution >= 0.6 is 11.6 Å². The van der Waals surface area contributed by atoms with E-state index in [1.807, 2.05) is 18.2 Å². The Hall–Kier alpha value is -0.730. The van der Waals surface area contributed by atoms with Gasteiger partial charge >= 0.3 is 0 Å². The van der Waals surface area contributed by atoms with Crippen LogP contribution in [0.3, 0.4) is 0 Å². The number of hydrogen-bond donors (Lipinski definition) is 1. The van der Waals surface area contributed by atoms with Crippen molar-refractivity contribution in [3.8, 4) is 5.75 Å². The quantitative estimate of drug-likeness (QED) is 0.742. The second kappa shape index (κ2) is 8.65. The lowest BCUT2D eigenvalue weighted by Gasteiger charge is -2.21. The largest absolute Gasteiger partial charge is 0.496 e. The molecule has 2 rings (SSSR count). The summed E-state index contributed by atoms with van der Waals surface area (Å²) in [6, 6.07) is 6.42. The Morgan fingerprint density at radius 3 is 2.76 bits per heavy atom. The Kier molecular flexibility index (Phi) is 6.85. The van der Waals surface area contributed by atoms with Crippen LogP contribution in [-0.2, 0) is 6.42 Å². The molecule has 21 heavy (non-hydrogen) atoms. The Bertz CT molecular complexity index is 429. The van der Waals surface area contributed by atoms with Crippen molar-refractivity contribution in [3.63, 3.8) is 0 Å². The highest BCUT2D eigenvalue weighted by atomic mass is 35.5. The van der Waals surface area contributed by atoms with Gasteiger partial charge in [0.25, 0.3) is 0 Å². The summed E-state index contributed by atoms with van der Waals surface area (Å²) in [6.07, 6.45) is 9.30. The lowest BCUT2D eigenvalue weighted by Crippen LogP contribution is -2.31. The van der Waals surface area contributed by atoms with Crippen molar-refractivity contribution in [2.75, 3.05) is 13.7 Å². The molecule has 1 aromatic rings. The summed E-state index contributed by atoms with van der Waals surface area (Å²) in [4.78, 5) is 0. The molecule has 1 fully saturated rings. The molecule has 1 N–H and O–H groups in total. The third-order valence-electron chi connectivity index (χ3n) is 4.60. The summed E-state index contributed by atoms with van der Waals surface area (Å²) in [5.74, 6) is 1.90. The number of rotatable bonds is 8. The summed E-state index contributed by atoms with van der Waals surface area (Å²) >= 11 is 6.14. The first-order chi connectivity index (χ1) is 10.2. The van der Waals surface area contributed by atoms with E-state index < -0.39 is 0 Å². The van der Waals surface area contributed by atoms with E-state index in [1.54, 1.807) is 7.11 Å². The monoisotopic (exact) mass is 309 g/mol. The van der Waals surface area contributed by atoms with Gasteiger partial charge < -0.3 is 10.1 Å². The number of methoxy groups -OCH3 is 1. The van der Waals surface area contributed by atoms with Crippen LogP contribution in [0.5, 0.6) is 5.75 Å². The van der Waals surface area contributed by atoms with Gasteiger partial charge in [0.05, 0.1) is 7.11 Å². The first kappa shape index (κ1) is 16.6. The number of ether oxygens (including phenoxy) is 1. The molecule has 0 spiro atoms. The van der Waals surface area contributed by atoms with Crippen molar-refractivity contribution in [1.29, 1.82) is 0 Å². The van der Waals surface area contributed by atoms with Crippen molar-refractivity contribution in [1.82, 2.24) is 5.32 Å². The molecule has 0 bridgehead atoms. The van der Waals surface area contributed by atoms with E-state index in [9.17, 15) is 0 Å². The highest BCUT2D eigenvalue weighted by Gasteiger charge is 2.18. The van der Waals surface area contributed by atoms with Crippen molar-refractivity contribution in [2.24, 2.45) is 5.92 Å². The Balaban J connectivity index is 1.96. The van der Waals surface area contributed by atoms with Gasteiger partial charge in [-0.3, -0.25) is 0 Å². The summed E-state index contributed by atoms with van der Waals surface area (Å²) in [5, 5.41) is 4.42. The first-order valence-electron chi connectivity index (χ1n) is 8.28. The molecular weight excluding hydrogens is 282 g/mol. The normalized spacial score (nSPS) is 17.1. The highest BCUT2D eigenvalue weighted by Crippen LogP contribution is 2.30. The fourth-order valence-electron chi connectivity index (χ4n) is 3.47. The molecule has 0 heterocycles. The Morgan fingerprint density at radius 1 is 1.33 bits per heavy atom. The van der Waals surface area contributed by atoms with E-state index in [-0.39, 0.29) is 0 Å². The zero-order valence-corrected chi connectivity index (χ0v) is 14.1. The number of halogens is 1. The van der Waals surface area contributed by atoms with Gasteiger partial charge in [-0.15, -0.1) is 0 Å². The zero-order valence-electron chi connectivity index (χ0n) is 13.3. The molecule has 1 aliphatic carbocycles. The summed E-state index contributed by atoms with van der Waals surface area (Å²) < 4.78 is 5.47. The zero-order chi connectivity index (χ0) is 15.1. The van der Waals surface area contributed by atoms with Gasteiger partial charge in [0.1, 0.15) is 5.75 Å². The highest BCUT2D eigenvalue weighted by molar-refractivity contribution is 6.30. The molecule has 0 saturated heterocycles. The fraction of sp³-hybridized carbons (Fsp3) is 0.667. The fourth-order valence-corrected chi connectivity index (χ4v) is 3.67. The molecule has 0 radical (unpaired) electrons. The lowest BCUT2D eigenvalue weighted by atomic mass is 9.94. The molecule has 1 atom stereocenters. The topological polar surface area (TPSA) is 21.3 Å². The predicted octanol–water partition coefficient (Wildman–Crippen LogP) is 4.84. The molecule has 0 aromatic heterocycles. The van der Waals surface area contributed by atoms with Gasteiger partial charge in [0.2, 0.25) is 0 Å². The third kappa shape index (κ3) is 5.19. The second-order valence-electron chi connectivity index (χ2n) is 6.14. The van der Waals surface area contributed by atoms with Crippen LogP contribution in [0.4, 0.5) is 0 Å². The summed E-state index contributed by atoms with van der Waals surface area (Å²) in [6.45, 7) is 3.19. The van der Waals surface area contributed by atoms with Crippen LogP contribution in [0, 0.1) is 5.92 Å². The molecule has 0 amide bonds. The molecule has 2 nitrogen and oxygen atoms in total. The molecule has 1 saturated carbocycles. The number of likely N-dealkylation sites (N-methyl/N-ethyl adjacent to an activating group) is 1. The lowest BCUT2D eigenvalue weighted by molar-refractivity contribution is 0.389. The summed E-state index contributed by atoms with van der Waals surface area (Å²) in [7, 11) is 1.73. The average molecular weight is 310 g/mol. The van der Waals surface area contributed by atoms with Crippen LogP contribution < -0.4 is 10.1 Å². The van der Waals surface area contributed by atoms with E-state index in [2.05, 4.69) is 12.2 Å². The minimum absolute atomic E-state index is 0.517. The standard InChI is InChI=1S/C18H28ClNO/c1-3-20-17(10-8-14-6-4-5-7-14)13-15-12-16(19)9-11-18(15)21-2/h9,11-12,14,17,20H,3-8,10,13H2,1-2H3. The summed E-state index contributed by atoms with van der Waals surface area (Å²) in [5.41, 5.74) is 1.21. The van der Waals surface area contributed by atoms with Crippen molar-refractivity contribution >= 4 is 11.6 Å². The smallest absolute Gasteiger partial charge is 0.122 e. The molecule has 118 valence electrons. The minimum atomic E-state index is 0.517. The van der Waals surface area contributed by atoms with Gasteiger partial charge in [0, 0.05) is 11.1 Å². The predicted molar refractivity (Wildman–Crippen MR) is 90.4 cm³/mol. The molecular formula is C18H28ClNO. The van der Waals surface area contributed by atoms with Gasteiger partial charge in [-0.05, 0) is 55.5 Å². The number of benzene rings is 1. The maximum Gasteiger partial charge on any atom is 0.122 e. The van der Waals surface area contributed by atoms with E-state index in [0.29, 0.717) is 6.04 Å². The molecule has 3 heteroatoms. The Morgan fingerprint density at radius 2 is 2.10 bits per heavy atom. The maximum absolute atomic E-state index is 6.14. The van der Waals surface area contributed by atoms with Gasteiger partial charge in [-0.25, -0.2) is 0 Å². The first-order valence-corrected chi connectivity index (χ1v) is 8.66. The third-order valence-corrected chi connectivity index (χ3v) is 4.83. The van der Waals surface area contributed by atoms with Crippen LogP contribution in [0.2, 0.25) is 5.02 Å². The van der Waals surface area contributed by atoms with E-state index in [1.165, 1.54) is 44.1 Å². The van der Waals surface area contributed by atoms with Crippen LogP contribution in [0.1, 0.15) is 51.0 Å². The second-order valence-corrected chi connectivity index (χ2v) is 6.58. The number of hydrogen-bond acceptors (Lipinski definition) is 2. The van der Waals surface area contributed by atoms with E-state index in [4.69, 9.17) is 16.3 Å². The Labute approximate surface area is 134 Å². The van der Waals surface area contributed by atoms with Crippen LogP contribution in [0.15, 0.2) is 18.2 Å².